The minimum absolute atomic E-state index is 0.196. The Morgan fingerprint density at radius 2 is 1.89 bits per heavy atom. The lowest BCUT2D eigenvalue weighted by Crippen LogP contribution is -2.29. The normalized spacial score (nSPS) is 9.95. The molecule has 0 aliphatic heterocycles. The molecule has 0 bridgehead atoms. The van der Waals surface area contributed by atoms with Gasteiger partial charge in [0.15, 0.2) is 0 Å². The number of carbonyl (C=O) groups excluding carboxylic acids is 1. The summed E-state index contributed by atoms with van der Waals surface area (Å²) < 4.78 is 5.15. The van der Waals surface area contributed by atoms with Crippen LogP contribution in [-0.2, 0) is 11.3 Å². The zero-order valence-electron chi connectivity index (χ0n) is 10.5. The van der Waals surface area contributed by atoms with Crippen LogP contribution in [0.15, 0.2) is 53.3 Å². The van der Waals surface area contributed by atoms with E-state index in [1.807, 2.05) is 30.3 Å². The predicted molar refractivity (Wildman–Crippen MR) is 72.1 cm³/mol. The van der Waals surface area contributed by atoms with E-state index in [9.17, 15) is 9.59 Å². The highest BCUT2D eigenvalue weighted by Crippen LogP contribution is 2.08. The lowest BCUT2D eigenvalue weighted by atomic mass is 10.2. The maximum absolute atomic E-state index is 11.8. The Balaban J connectivity index is 1.98. The smallest absolute Gasteiger partial charge is 0.415 e. The molecule has 5 heteroatoms. The van der Waals surface area contributed by atoms with Crippen LogP contribution in [0.2, 0.25) is 0 Å². The van der Waals surface area contributed by atoms with E-state index in [4.69, 9.17) is 4.74 Å². The van der Waals surface area contributed by atoms with Gasteiger partial charge in [-0.05, 0) is 11.6 Å². The van der Waals surface area contributed by atoms with Crippen LogP contribution < -0.4 is 10.5 Å². The van der Waals surface area contributed by atoms with Crippen LogP contribution in [0.1, 0.15) is 5.56 Å². The summed E-state index contributed by atoms with van der Waals surface area (Å²) in [5, 5.41) is 0. The maximum atomic E-state index is 11.8. The first-order chi connectivity index (χ1) is 9.16. The molecule has 2 aromatic rings. The number of nitrogens with zero attached hydrogens (tertiary/aromatic N) is 1. The highest BCUT2D eigenvalue weighted by Gasteiger charge is 2.12. The number of anilines is 1. The molecule has 1 aromatic carbocycles. The van der Waals surface area contributed by atoms with Crippen LogP contribution in [0.5, 0.6) is 0 Å². The van der Waals surface area contributed by atoms with Crippen molar-refractivity contribution in [2.24, 2.45) is 0 Å². The van der Waals surface area contributed by atoms with Gasteiger partial charge >= 0.3 is 6.09 Å². The highest BCUT2D eigenvalue weighted by atomic mass is 16.6. The van der Waals surface area contributed by atoms with Gasteiger partial charge in [-0.2, -0.15) is 0 Å². The molecule has 19 heavy (non-hydrogen) atoms. The standard InChI is InChI=1S/C14H14N2O3/c1-16(12-8-5-9-13(17)15-12)14(18)19-10-11-6-3-2-4-7-11/h2-9H,10H2,1H3,(H,15,17). The molecule has 0 spiro atoms. The summed E-state index contributed by atoms with van der Waals surface area (Å²) in [6.45, 7) is 0.196. The zero-order valence-corrected chi connectivity index (χ0v) is 10.5. The van der Waals surface area contributed by atoms with E-state index < -0.39 is 6.09 Å². The average Bonchev–Trinajstić information content (AvgIpc) is 2.45. The van der Waals surface area contributed by atoms with Gasteiger partial charge in [-0.3, -0.25) is 9.69 Å². The highest BCUT2D eigenvalue weighted by molar-refractivity contribution is 5.85. The molecule has 0 radical (unpaired) electrons. The third kappa shape index (κ3) is 3.45. The van der Waals surface area contributed by atoms with Gasteiger partial charge in [0.1, 0.15) is 12.4 Å². The Labute approximate surface area is 110 Å². The molecule has 1 N–H and O–H groups in total. The van der Waals surface area contributed by atoms with Crippen molar-refractivity contribution in [1.29, 1.82) is 0 Å². The van der Waals surface area contributed by atoms with Crippen molar-refractivity contribution in [3.63, 3.8) is 0 Å². The summed E-state index contributed by atoms with van der Waals surface area (Å²) in [4.78, 5) is 26.8. The Kier molecular flexibility index (Phi) is 3.97. The summed E-state index contributed by atoms with van der Waals surface area (Å²) in [5.41, 5.74) is 0.644. The molecule has 5 nitrogen and oxygen atoms in total. The number of ether oxygens (including phenoxy) is 1. The molecular weight excluding hydrogens is 244 g/mol. The minimum atomic E-state index is -0.522. The number of carbonyl (C=O) groups is 1. The van der Waals surface area contributed by atoms with Crippen LogP contribution in [0.25, 0.3) is 0 Å². The van der Waals surface area contributed by atoms with Gasteiger partial charge in [-0.25, -0.2) is 4.79 Å². The van der Waals surface area contributed by atoms with Gasteiger partial charge < -0.3 is 9.72 Å². The van der Waals surface area contributed by atoms with E-state index in [1.54, 1.807) is 19.2 Å². The fourth-order valence-corrected chi connectivity index (χ4v) is 1.55. The number of aromatic nitrogens is 1. The first-order valence-electron chi connectivity index (χ1n) is 5.80. The Bertz CT molecular complexity index is 607. The molecule has 1 heterocycles. The van der Waals surface area contributed by atoms with Gasteiger partial charge in [-0.15, -0.1) is 0 Å². The molecule has 98 valence electrons. The van der Waals surface area contributed by atoms with E-state index >= 15 is 0 Å². The molecule has 1 amide bonds. The van der Waals surface area contributed by atoms with E-state index in [1.165, 1.54) is 11.0 Å². The summed E-state index contributed by atoms with van der Waals surface area (Å²) in [7, 11) is 1.54. The van der Waals surface area contributed by atoms with E-state index in [0.29, 0.717) is 5.82 Å². The monoisotopic (exact) mass is 258 g/mol. The number of pyridine rings is 1. The quantitative estimate of drug-likeness (QED) is 0.917. The summed E-state index contributed by atoms with van der Waals surface area (Å²) in [6.07, 6.45) is -0.522. The van der Waals surface area contributed by atoms with Crippen molar-refractivity contribution in [1.82, 2.24) is 4.98 Å². The molecule has 0 aliphatic rings. The number of hydrogen-bond acceptors (Lipinski definition) is 3. The maximum Gasteiger partial charge on any atom is 0.415 e. The Hall–Kier alpha value is -2.56. The van der Waals surface area contributed by atoms with Crippen molar-refractivity contribution in [2.45, 2.75) is 6.61 Å². The molecule has 0 unspecified atom stereocenters. The number of aromatic amines is 1. The molecule has 1 aromatic heterocycles. The summed E-state index contributed by atoms with van der Waals surface area (Å²) in [5.74, 6) is 0.394. The van der Waals surface area contributed by atoms with Gasteiger partial charge in [0.25, 0.3) is 0 Å². The van der Waals surface area contributed by atoms with Gasteiger partial charge in [0.2, 0.25) is 5.56 Å². The second-order valence-corrected chi connectivity index (χ2v) is 4.00. The van der Waals surface area contributed by atoms with Crippen LogP contribution in [0, 0.1) is 0 Å². The van der Waals surface area contributed by atoms with E-state index in [-0.39, 0.29) is 12.2 Å². The number of rotatable bonds is 3. The average molecular weight is 258 g/mol. The van der Waals surface area contributed by atoms with E-state index in [2.05, 4.69) is 4.98 Å². The van der Waals surface area contributed by atoms with Gasteiger partial charge in [-0.1, -0.05) is 36.4 Å². The number of hydrogen-bond donors (Lipinski definition) is 1. The van der Waals surface area contributed by atoms with Gasteiger partial charge in [0, 0.05) is 13.1 Å². The van der Waals surface area contributed by atoms with Crippen molar-refractivity contribution in [2.75, 3.05) is 11.9 Å². The van der Waals surface area contributed by atoms with Crippen molar-refractivity contribution in [3.05, 3.63) is 64.4 Å². The fourth-order valence-electron chi connectivity index (χ4n) is 1.55. The molecule has 2 rings (SSSR count). The van der Waals surface area contributed by atoms with Crippen LogP contribution in [0.3, 0.4) is 0 Å². The minimum Gasteiger partial charge on any atom is -0.444 e. The summed E-state index contributed by atoms with van der Waals surface area (Å²) in [6, 6.07) is 14.0. The molecule has 0 saturated carbocycles. The van der Waals surface area contributed by atoms with Crippen LogP contribution >= 0.6 is 0 Å². The van der Waals surface area contributed by atoms with Gasteiger partial charge in [0.05, 0.1) is 0 Å². The number of nitrogens with one attached hydrogen (secondary N) is 1. The Morgan fingerprint density at radius 3 is 2.58 bits per heavy atom. The molecule has 0 aliphatic carbocycles. The molecule has 0 saturated heterocycles. The second-order valence-electron chi connectivity index (χ2n) is 4.00. The first-order valence-corrected chi connectivity index (χ1v) is 5.80. The summed E-state index contributed by atoms with van der Waals surface area (Å²) >= 11 is 0. The third-order valence-electron chi connectivity index (χ3n) is 2.59. The number of benzene rings is 1. The largest absolute Gasteiger partial charge is 0.444 e. The van der Waals surface area contributed by atoms with Crippen LogP contribution in [-0.4, -0.2) is 18.1 Å². The zero-order chi connectivity index (χ0) is 13.7. The number of H-pyrrole nitrogens is 1. The molecule has 0 fully saturated rings. The van der Waals surface area contributed by atoms with E-state index in [0.717, 1.165) is 5.56 Å². The van der Waals surface area contributed by atoms with Crippen molar-refractivity contribution in [3.8, 4) is 0 Å². The molecular formula is C14H14N2O3. The Morgan fingerprint density at radius 1 is 1.16 bits per heavy atom. The third-order valence-corrected chi connectivity index (χ3v) is 2.59. The lowest BCUT2D eigenvalue weighted by molar-refractivity contribution is 0.148. The van der Waals surface area contributed by atoms with Crippen molar-refractivity contribution < 1.29 is 9.53 Å². The molecule has 0 atom stereocenters. The first kappa shape index (κ1) is 12.9. The fraction of sp³-hybridized carbons (Fsp3) is 0.143. The topological polar surface area (TPSA) is 62.4 Å². The number of amides is 1. The second kappa shape index (κ2) is 5.86. The van der Waals surface area contributed by atoms with Crippen molar-refractivity contribution >= 4 is 11.9 Å². The lowest BCUT2D eigenvalue weighted by Gasteiger charge is -2.16. The predicted octanol–water partition coefficient (Wildman–Crippen LogP) is 2.15. The SMILES string of the molecule is CN(C(=O)OCc1ccccc1)c1cccc(=O)[nH]1. The van der Waals surface area contributed by atoms with Crippen LogP contribution in [0.4, 0.5) is 10.6 Å².